The molecule has 2 rings (SSSR count). The Hall–Kier alpha value is -1.68. The van der Waals surface area contributed by atoms with Crippen LogP contribution in [0.2, 0.25) is 0 Å². The van der Waals surface area contributed by atoms with E-state index < -0.39 is 0 Å². The van der Waals surface area contributed by atoms with E-state index in [1.165, 1.54) is 17.5 Å². The van der Waals surface area contributed by atoms with Gasteiger partial charge in [-0.25, -0.2) is 4.68 Å². The topological polar surface area (TPSA) is 42.7 Å². The number of nitrogens with one attached hydrogen (secondary N) is 1. The lowest BCUT2D eigenvalue weighted by atomic mass is 10.0. The minimum Gasteiger partial charge on any atom is -0.314 e. The Morgan fingerprint density at radius 2 is 1.90 bits per heavy atom. The molecule has 0 saturated carbocycles. The minimum atomic E-state index is 0.517. The SMILES string of the molecule is CCCNC(C)Cc1ccc(-c2cnnn2CCC)cc1. The van der Waals surface area contributed by atoms with Crippen LogP contribution < -0.4 is 5.32 Å². The van der Waals surface area contributed by atoms with Crippen molar-refractivity contribution < 1.29 is 0 Å². The summed E-state index contributed by atoms with van der Waals surface area (Å²) in [5, 5.41) is 11.7. The molecule has 0 bridgehead atoms. The molecular formula is C17H26N4. The Morgan fingerprint density at radius 3 is 2.57 bits per heavy atom. The van der Waals surface area contributed by atoms with Crippen LogP contribution in [0.4, 0.5) is 0 Å². The fourth-order valence-corrected chi connectivity index (χ4v) is 2.49. The molecule has 1 unspecified atom stereocenters. The average Bonchev–Trinajstić information content (AvgIpc) is 2.95. The third kappa shape index (κ3) is 4.39. The Labute approximate surface area is 127 Å². The number of nitrogens with zero attached hydrogens (tertiary/aromatic N) is 3. The summed E-state index contributed by atoms with van der Waals surface area (Å²) in [5.41, 5.74) is 3.65. The second-order valence-electron chi connectivity index (χ2n) is 5.60. The van der Waals surface area contributed by atoms with E-state index >= 15 is 0 Å². The van der Waals surface area contributed by atoms with Gasteiger partial charge in [0.05, 0.1) is 11.9 Å². The average molecular weight is 286 g/mol. The van der Waals surface area contributed by atoms with Crippen molar-refractivity contribution in [1.29, 1.82) is 0 Å². The van der Waals surface area contributed by atoms with Crippen molar-refractivity contribution in [2.45, 2.75) is 52.6 Å². The molecule has 0 aliphatic heterocycles. The van der Waals surface area contributed by atoms with Crippen LogP contribution in [0.1, 0.15) is 39.2 Å². The third-order valence-electron chi connectivity index (χ3n) is 3.59. The smallest absolute Gasteiger partial charge is 0.0885 e. The van der Waals surface area contributed by atoms with Crippen molar-refractivity contribution in [3.05, 3.63) is 36.0 Å². The summed E-state index contributed by atoms with van der Waals surface area (Å²) in [5.74, 6) is 0. The number of rotatable bonds is 8. The second kappa shape index (κ2) is 7.93. The molecule has 0 fully saturated rings. The molecule has 0 amide bonds. The molecule has 0 aliphatic rings. The summed E-state index contributed by atoms with van der Waals surface area (Å²) in [6.07, 6.45) is 5.15. The number of hydrogen-bond donors (Lipinski definition) is 1. The van der Waals surface area contributed by atoms with Crippen LogP contribution in [0.3, 0.4) is 0 Å². The molecule has 2 aromatic rings. The Bertz CT molecular complexity index is 530. The number of aryl methyl sites for hydroxylation is 1. The van der Waals surface area contributed by atoms with Gasteiger partial charge in [-0.3, -0.25) is 0 Å². The summed E-state index contributed by atoms with van der Waals surface area (Å²) in [7, 11) is 0. The van der Waals surface area contributed by atoms with E-state index in [-0.39, 0.29) is 0 Å². The van der Waals surface area contributed by atoms with Crippen LogP contribution in [-0.4, -0.2) is 27.6 Å². The van der Waals surface area contributed by atoms with E-state index in [2.05, 4.69) is 60.7 Å². The predicted molar refractivity (Wildman–Crippen MR) is 87.2 cm³/mol. The largest absolute Gasteiger partial charge is 0.314 e. The first-order valence-electron chi connectivity index (χ1n) is 7.95. The van der Waals surface area contributed by atoms with Gasteiger partial charge in [-0.1, -0.05) is 43.3 Å². The van der Waals surface area contributed by atoms with E-state index in [9.17, 15) is 0 Å². The van der Waals surface area contributed by atoms with Crippen molar-refractivity contribution in [2.24, 2.45) is 0 Å². The lowest BCUT2D eigenvalue weighted by Crippen LogP contribution is -2.28. The maximum atomic E-state index is 4.14. The van der Waals surface area contributed by atoms with E-state index in [1.54, 1.807) is 0 Å². The van der Waals surface area contributed by atoms with Gasteiger partial charge in [0.2, 0.25) is 0 Å². The highest BCUT2D eigenvalue weighted by molar-refractivity contribution is 5.58. The first-order chi connectivity index (χ1) is 10.2. The first kappa shape index (κ1) is 15.7. The highest BCUT2D eigenvalue weighted by Gasteiger charge is 2.07. The minimum absolute atomic E-state index is 0.517. The Kier molecular flexibility index (Phi) is 5.93. The molecule has 114 valence electrons. The maximum Gasteiger partial charge on any atom is 0.0885 e. The zero-order chi connectivity index (χ0) is 15.1. The summed E-state index contributed by atoms with van der Waals surface area (Å²) in [4.78, 5) is 0. The van der Waals surface area contributed by atoms with Gasteiger partial charge >= 0.3 is 0 Å². The van der Waals surface area contributed by atoms with Gasteiger partial charge < -0.3 is 5.32 Å². The highest BCUT2D eigenvalue weighted by Crippen LogP contribution is 2.19. The van der Waals surface area contributed by atoms with Gasteiger partial charge in [0, 0.05) is 18.2 Å². The van der Waals surface area contributed by atoms with Gasteiger partial charge in [0.1, 0.15) is 0 Å². The van der Waals surface area contributed by atoms with Crippen molar-refractivity contribution in [1.82, 2.24) is 20.3 Å². The highest BCUT2D eigenvalue weighted by atomic mass is 15.4. The number of aromatic nitrogens is 3. The van der Waals surface area contributed by atoms with Crippen molar-refractivity contribution in [3.63, 3.8) is 0 Å². The fourth-order valence-electron chi connectivity index (χ4n) is 2.49. The molecule has 4 nitrogen and oxygen atoms in total. The van der Waals surface area contributed by atoms with Crippen molar-refractivity contribution in [2.75, 3.05) is 6.54 Å². The molecule has 4 heteroatoms. The zero-order valence-electron chi connectivity index (χ0n) is 13.3. The van der Waals surface area contributed by atoms with Gasteiger partial charge in [-0.05, 0) is 38.3 Å². The molecule has 1 heterocycles. The van der Waals surface area contributed by atoms with Crippen LogP contribution in [-0.2, 0) is 13.0 Å². The molecule has 1 atom stereocenters. The molecule has 21 heavy (non-hydrogen) atoms. The molecule has 0 saturated heterocycles. The van der Waals surface area contributed by atoms with Crippen molar-refractivity contribution in [3.8, 4) is 11.3 Å². The van der Waals surface area contributed by atoms with E-state index in [4.69, 9.17) is 0 Å². The molecular weight excluding hydrogens is 260 g/mol. The molecule has 1 aromatic carbocycles. The zero-order valence-corrected chi connectivity index (χ0v) is 13.3. The van der Waals surface area contributed by atoms with Crippen LogP contribution >= 0.6 is 0 Å². The second-order valence-corrected chi connectivity index (χ2v) is 5.60. The quantitative estimate of drug-likeness (QED) is 0.810. The van der Waals surface area contributed by atoms with Crippen LogP contribution in [0, 0.1) is 0 Å². The van der Waals surface area contributed by atoms with E-state index in [1.807, 2.05) is 10.9 Å². The van der Waals surface area contributed by atoms with Gasteiger partial charge in [-0.15, -0.1) is 5.10 Å². The van der Waals surface area contributed by atoms with Gasteiger partial charge in [0.15, 0.2) is 0 Å². The fraction of sp³-hybridized carbons (Fsp3) is 0.529. The standard InChI is InChI=1S/C17H26N4/c1-4-10-18-14(3)12-15-6-8-16(9-7-15)17-13-19-20-21(17)11-5-2/h6-9,13-14,18H,4-5,10-12H2,1-3H3. The summed E-state index contributed by atoms with van der Waals surface area (Å²) >= 11 is 0. The Balaban J connectivity index is 2.03. The predicted octanol–water partition coefficient (Wildman–Crippen LogP) is 3.29. The first-order valence-corrected chi connectivity index (χ1v) is 7.95. The number of benzene rings is 1. The van der Waals surface area contributed by atoms with Crippen LogP contribution in [0.25, 0.3) is 11.3 Å². The van der Waals surface area contributed by atoms with Crippen molar-refractivity contribution >= 4 is 0 Å². The summed E-state index contributed by atoms with van der Waals surface area (Å²) < 4.78 is 1.97. The molecule has 0 spiro atoms. The lowest BCUT2D eigenvalue weighted by Gasteiger charge is -2.13. The Morgan fingerprint density at radius 1 is 1.14 bits per heavy atom. The summed E-state index contributed by atoms with van der Waals surface area (Å²) in [6, 6.07) is 9.29. The monoisotopic (exact) mass is 286 g/mol. The van der Waals surface area contributed by atoms with E-state index in [0.717, 1.165) is 31.6 Å². The normalized spacial score (nSPS) is 12.5. The maximum absolute atomic E-state index is 4.14. The summed E-state index contributed by atoms with van der Waals surface area (Å²) in [6.45, 7) is 8.58. The third-order valence-corrected chi connectivity index (χ3v) is 3.59. The molecule has 0 aliphatic carbocycles. The molecule has 1 N–H and O–H groups in total. The van der Waals surface area contributed by atoms with Gasteiger partial charge in [0.25, 0.3) is 0 Å². The molecule has 0 radical (unpaired) electrons. The van der Waals surface area contributed by atoms with E-state index in [0.29, 0.717) is 6.04 Å². The number of hydrogen-bond acceptors (Lipinski definition) is 3. The molecule has 1 aromatic heterocycles. The van der Waals surface area contributed by atoms with Gasteiger partial charge in [-0.2, -0.15) is 0 Å². The van der Waals surface area contributed by atoms with Crippen LogP contribution in [0.15, 0.2) is 30.5 Å². The lowest BCUT2D eigenvalue weighted by molar-refractivity contribution is 0.543. The van der Waals surface area contributed by atoms with Crippen LogP contribution in [0.5, 0.6) is 0 Å².